The van der Waals surface area contributed by atoms with Gasteiger partial charge >= 0.3 is 11.9 Å². The average molecular weight is 188 g/mol. The minimum atomic E-state index is -1.04. The van der Waals surface area contributed by atoms with Crippen molar-refractivity contribution in [1.82, 2.24) is 0 Å². The molecule has 74 valence electrons. The molecule has 0 aromatic carbocycles. The second-order valence-corrected chi connectivity index (χ2v) is 3.08. The van der Waals surface area contributed by atoms with Crippen LogP contribution in [0.5, 0.6) is 0 Å². The Hall–Kier alpha value is -1.10. The summed E-state index contributed by atoms with van der Waals surface area (Å²) in [5.41, 5.74) is 0. The molecule has 0 aliphatic carbocycles. The topological polar surface area (TPSA) is 83.8 Å². The Balaban J connectivity index is 2.72. The molecule has 0 aromatic heterocycles. The minimum absolute atomic E-state index is 0.284. The van der Waals surface area contributed by atoms with E-state index in [1.807, 2.05) is 0 Å². The van der Waals surface area contributed by atoms with Gasteiger partial charge in [0.25, 0.3) is 0 Å². The first-order valence-electron chi connectivity index (χ1n) is 4.16. The lowest BCUT2D eigenvalue weighted by Crippen LogP contribution is -2.29. The van der Waals surface area contributed by atoms with E-state index < -0.39 is 23.8 Å². The van der Waals surface area contributed by atoms with Gasteiger partial charge in [-0.3, -0.25) is 9.59 Å². The summed E-state index contributed by atoms with van der Waals surface area (Å²) in [4.78, 5) is 21.4. The van der Waals surface area contributed by atoms with Crippen molar-refractivity contribution in [1.29, 1.82) is 0 Å². The van der Waals surface area contributed by atoms with E-state index in [0.29, 0.717) is 13.2 Å². The fourth-order valence-corrected chi connectivity index (χ4v) is 1.52. The number of hydrogen-bond acceptors (Lipinski definition) is 3. The maximum absolute atomic E-state index is 10.7. The zero-order chi connectivity index (χ0) is 9.84. The molecule has 1 heterocycles. The van der Waals surface area contributed by atoms with Crippen molar-refractivity contribution < 1.29 is 24.5 Å². The van der Waals surface area contributed by atoms with Gasteiger partial charge in [0.2, 0.25) is 0 Å². The van der Waals surface area contributed by atoms with E-state index in [1.54, 1.807) is 0 Å². The second kappa shape index (κ2) is 4.23. The van der Waals surface area contributed by atoms with Crippen LogP contribution in [-0.2, 0) is 14.3 Å². The molecule has 1 saturated heterocycles. The van der Waals surface area contributed by atoms with Gasteiger partial charge in [-0.1, -0.05) is 0 Å². The van der Waals surface area contributed by atoms with Gasteiger partial charge < -0.3 is 14.9 Å². The summed E-state index contributed by atoms with van der Waals surface area (Å²) >= 11 is 0. The van der Waals surface area contributed by atoms with E-state index in [-0.39, 0.29) is 12.8 Å². The van der Waals surface area contributed by atoms with Crippen LogP contribution in [0, 0.1) is 11.8 Å². The van der Waals surface area contributed by atoms with Crippen LogP contribution < -0.4 is 0 Å². The maximum atomic E-state index is 10.7. The fourth-order valence-electron chi connectivity index (χ4n) is 1.52. The van der Waals surface area contributed by atoms with E-state index in [2.05, 4.69) is 0 Å². The molecular formula is C8H12O5. The van der Waals surface area contributed by atoms with Gasteiger partial charge in [0.05, 0.1) is 11.8 Å². The normalized spacial score (nSPS) is 29.2. The molecule has 1 rings (SSSR count). The highest BCUT2D eigenvalue weighted by Gasteiger charge is 2.34. The lowest BCUT2D eigenvalue weighted by Gasteiger charge is -2.15. The first-order valence-corrected chi connectivity index (χ1v) is 4.16. The van der Waals surface area contributed by atoms with Gasteiger partial charge in [-0.2, -0.15) is 0 Å². The molecule has 0 saturated carbocycles. The van der Waals surface area contributed by atoms with Crippen LogP contribution in [0.4, 0.5) is 0 Å². The van der Waals surface area contributed by atoms with Crippen LogP contribution in [0.25, 0.3) is 0 Å². The Morgan fingerprint density at radius 1 is 1.00 bits per heavy atom. The molecule has 0 unspecified atom stereocenters. The number of rotatable bonds is 2. The van der Waals surface area contributed by atoms with Crippen molar-refractivity contribution in [3.63, 3.8) is 0 Å². The molecule has 1 fully saturated rings. The van der Waals surface area contributed by atoms with Gasteiger partial charge in [0.15, 0.2) is 0 Å². The minimum Gasteiger partial charge on any atom is -0.481 e. The molecule has 0 bridgehead atoms. The van der Waals surface area contributed by atoms with Crippen LogP contribution in [0.3, 0.4) is 0 Å². The number of hydrogen-bond donors (Lipinski definition) is 2. The van der Waals surface area contributed by atoms with Gasteiger partial charge in [-0.05, 0) is 12.8 Å². The Bertz CT molecular complexity index is 191. The third-order valence-electron chi connectivity index (χ3n) is 2.27. The number of aliphatic carboxylic acids is 2. The highest BCUT2D eigenvalue weighted by molar-refractivity contribution is 5.80. The van der Waals surface area contributed by atoms with Crippen LogP contribution in [0.1, 0.15) is 12.8 Å². The summed E-state index contributed by atoms with van der Waals surface area (Å²) in [6.07, 6.45) is 0.568. The fraction of sp³-hybridized carbons (Fsp3) is 0.750. The van der Waals surface area contributed by atoms with Gasteiger partial charge in [0.1, 0.15) is 0 Å². The van der Waals surface area contributed by atoms with E-state index in [9.17, 15) is 9.59 Å². The maximum Gasteiger partial charge on any atom is 0.307 e. The Morgan fingerprint density at radius 3 is 1.69 bits per heavy atom. The number of carbonyl (C=O) groups is 2. The lowest BCUT2D eigenvalue weighted by molar-refractivity contribution is -0.153. The molecule has 5 nitrogen and oxygen atoms in total. The quantitative estimate of drug-likeness (QED) is 0.646. The largest absolute Gasteiger partial charge is 0.481 e. The predicted octanol–water partition coefficient (Wildman–Crippen LogP) is 0.198. The Morgan fingerprint density at radius 2 is 1.38 bits per heavy atom. The molecule has 0 aromatic rings. The van der Waals surface area contributed by atoms with Crippen molar-refractivity contribution in [3.05, 3.63) is 0 Å². The summed E-state index contributed by atoms with van der Waals surface area (Å²) in [6.45, 7) is 0.668. The molecule has 2 atom stereocenters. The van der Waals surface area contributed by atoms with Crippen LogP contribution in [0.15, 0.2) is 0 Å². The van der Waals surface area contributed by atoms with Crippen molar-refractivity contribution in [2.24, 2.45) is 11.8 Å². The smallest absolute Gasteiger partial charge is 0.307 e. The Kier molecular flexibility index (Phi) is 3.25. The first kappa shape index (κ1) is 9.98. The predicted molar refractivity (Wildman–Crippen MR) is 42.3 cm³/mol. The lowest BCUT2D eigenvalue weighted by atomic mass is 9.88. The van der Waals surface area contributed by atoms with Crippen LogP contribution >= 0.6 is 0 Å². The van der Waals surface area contributed by atoms with Crippen molar-refractivity contribution in [2.75, 3.05) is 13.2 Å². The van der Waals surface area contributed by atoms with E-state index >= 15 is 0 Å². The first-order chi connectivity index (χ1) is 6.13. The zero-order valence-corrected chi connectivity index (χ0v) is 7.10. The van der Waals surface area contributed by atoms with Crippen molar-refractivity contribution in [2.45, 2.75) is 12.8 Å². The number of ether oxygens (including phenoxy) is 1. The highest BCUT2D eigenvalue weighted by atomic mass is 16.5. The number of carboxylic acids is 2. The SMILES string of the molecule is O=C(O)[C@H]1CCOCC[C@H]1C(=O)O. The third-order valence-corrected chi connectivity index (χ3v) is 2.27. The average Bonchev–Trinajstić information content (AvgIpc) is 2.27. The van der Waals surface area contributed by atoms with Crippen molar-refractivity contribution in [3.8, 4) is 0 Å². The van der Waals surface area contributed by atoms with E-state index in [0.717, 1.165) is 0 Å². The summed E-state index contributed by atoms with van der Waals surface area (Å²) in [5, 5.41) is 17.5. The number of carboxylic acid groups (broad SMARTS) is 2. The molecular weight excluding hydrogens is 176 g/mol. The molecule has 0 radical (unpaired) electrons. The molecule has 13 heavy (non-hydrogen) atoms. The van der Waals surface area contributed by atoms with Gasteiger partial charge in [0, 0.05) is 13.2 Å². The summed E-state index contributed by atoms with van der Waals surface area (Å²) in [5.74, 6) is -3.70. The second-order valence-electron chi connectivity index (χ2n) is 3.08. The molecule has 5 heteroatoms. The van der Waals surface area contributed by atoms with Gasteiger partial charge in [-0.15, -0.1) is 0 Å². The van der Waals surface area contributed by atoms with Gasteiger partial charge in [-0.25, -0.2) is 0 Å². The van der Waals surface area contributed by atoms with Crippen LogP contribution in [0.2, 0.25) is 0 Å². The standard InChI is InChI=1S/C8H12O5/c9-7(10)5-1-3-13-4-2-6(5)8(11)12/h5-6H,1-4H2,(H,9,10)(H,11,12)/t5-,6+. The zero-order valence-electron chi connectivity index (χ0n) is 7.10. The molecule has 1 aliphatic heterocycles. The highest BCUT2D eigenvalue weighted by Crippen LogP contribution is 2.23. The monoisotopic (exact) mass is 188 g/mol. The summed E-state index contributed by atoms with van der Waals surface area (Å²) in [7, 11) is 0. The van der Waals surface area contributed by atoms with Crippen molar-refractivity contribution >= 4 is 11.9 Å². The summed E-state index contributed by atoms with van der Waals surface area (Å²) < 4.78 is 5.03. The van der Waals surface area contributed by atoms with E-state index in [1.165, 1.54) is 0 Å². The molecule has 0 amide bonds. The summed E-state index contributed by atoms with van der Waals surface area (Å²) in [6, 6.07) is 0. The van der Waals surface area contributed by atoms with E-state index in [4.69, 9.17) is 14.9 Å². The molecule has 2 N–H and O–H groups in total. The third kappa shape index (κ3) is 2.42. The van der Waals surface area contributed by atoms with Crippen LogP contribution in [-0.4, -0.2) is 35.4 Å². The molecule has 1 aliphatic rings. The molecule has 0 spiro atoms. The Labute approximate surface area is 75.3 Å².